The lowest BCUT2D eigenvalue weighted by Crippen LogP contribution is -2.45. The molecule has 0 saturated carbocycles. The van der Waals surface area contributed by atoms with Gasteiger partial charge in [0.25, 0.3) is 0 Å². The average Bonchev–Trinajstić information content (AvgIpc) is 2.16. The van der Waals surface area contributed by atoms with Crippen LogP contribution in [0.5, 0.6) is 0 Å². The molecule has 0 bridgehead atoms. The number of carboxylic acids is 1. The van der Waals surface area contributed by atoms with E-state index in [1.54, 1.807) is 6.92 Å². The summed E-state index contributed by atoms with van der Waals surface area (Å²) in [4.78, 5) is 22.3. The van der Waals surface area contributed by atoms with Crippen LogP contribution in [-0.4, -0.2) is 37.7 Å². The van der Waals surface area contributed by atoms with Crippen molar-refractivity contribution in [2.75, 3.05) is 5.75 Å². The van der Waals surface area contributed by atoms with E-state index in [-0.39, 0.29) is 23.6 Å². The van der Waals surface area contributed by atoms with Gasteiger partial charge in [-0.3, -0.25) is 13.8 Å². The predicted molar refractivity (Wildman–Crippen MR) is 67.2 cm³/mol. The van der Waals surface area contributed by atoms with Crippen molar-refractivity contribution in [1.82, 2.24) is 5.32 Å². The maximum absolute atomic E-state index is 11.7. The number of hydrogen-bond donors (Lipinski definition) is 2. The molecule has 0 aromatic rings. The van der Waals surface area contributed by atoms with Crippen molar-refractivity contribution >= 4 is 22.7 Å². The molecule has 0 aromatic carbocycles. The van der Waals surface area contributed by atoms with E-state index in [0.717, 1.165) is 6.42 Å². The second-order valence-electron chi connectivity index (χ2n) is 4.55. The van der Waals surface area contributed by atoms with Crippen LogP contribution in [0.1, 0.15) is 40.5 Å². The standard InChI is InChI=1S/C11H21NO4S/c1-5-8(10(14)15)17(16)7-9(13)12-11(3,4)6-2/h8H,5-7H2,1-4H3,(H,12,13)(H,14,15). The molecule has 0 rings (SSSR count). The summed E-state index contributed by atoms with van der Waals surface area (Å²) >= 11 is 0. The fourth-order valence-electron chi connectivity index (χ4n) is 1.20. The highest BCUT2D eigenvalue weighted by Crippen LogP contribution is 2.08. The van der Waals surface area contributed by atoms with Crippen molar-refractivity contribution in [2.45, 2.75) is 51.3 Å². The van der Waals surface area contributed by atoms with E-state index in [9.17, 15) is 13.8 Å². The van der Waals surface area contributed by atoms with Gasteiger partial charge in [-0.25, -0.2) is 0 Å². The molecule has 100 valence electrons. The van der Waals surface area contributed by atoms with Gasteiger partial charge in [-0.05, 0) is 26.7 Å². The van der Waals surface area contributed by atoms with Gasteiger partial charge in [-0.1, -0.05) is 13.8 Å². The van der Waals surface area contributed by atoms with Crippen molar-refractivity contribution in [3.05, 3.63) is 0 Å². The van der Waals surface area contributed by atoms with Crippen LogP contribution >= 0.6 is 0 Å². The maximum atomic E-state index is 11.7. The molecule has 0 radical (unpaired) electrons. The molecule has 0 saturated heterocycles. The van der Waals surface area contributed by atoms with Gasteiger partial charge < -0.3 is 10.4 Å². The van der Waals surface area contributed by atoms with Crippen LogP contribution < -0.4 is 5.32 Å². The Labute approximate surface area is 104 Å². The van der Waals surface area contributed by atoms with Crippen LogP contribution in [0.25, 0.3) is 0 Å². The summed E-state index contributed by atoms with van der Waals surface area (Å²) in [5.74, 6) is -1.74. The first-order chi connectivity index (χ1) is 7.73. The molecule has 5 nitrogen and oxygen atoms in total. The lowest BCUT2D eigenvalue weighted by Gasteiger charge is -2.24. The Kier molecular flexibility index (Phi) is 6.37. The van der Waals surface area contributed by atoms with Gasteiger partial charge in [0, 0.05) is 16.3 Å². The van der Waals surface area contributed by atoms with E-state index in [1.165, 1.54) is 0 Å². The zero-order chi connectivity index (χ0) is 13.6. The summed E-state index contributed by atoms with van der Waals surface area (Å²) in [6, 6.07) is 0. The zero-order valence-electron chi connectivity index (χ0n) is 10.8. The molecule has 0 aliphatic rings. The summed E-state index contributed by atoms with van der Waals surface area (Å²) in [6.07, 6.45) is 1.01. The van der Waals surface area contributed by atoms with Crippen LogP contribution in [0.4, 0.5) is 0 Å². The third-order valence-corrected chi connectivity index (χ3v) is 4.31. The summed E-state index contributed by atoms with van der Waals surface area (Å²) in [5, 5.41) is 10.6. The van der Waals surface area contributed by atoms with E-state index in [2.05, 4.69) is 5.32 Å². The van der Waals surface area contributed by atoms with Gasteiger partial charge >= 0.3 is 5.97 Å². The Morgan fingerprint density at radius 3 is 2.24 bits per heavy atom. The molecule has 17 heavy (non-hydrogen) atoms. The Bertz CT molecular complexity index is 315. The monoisotopic (exact) mass is 263 g/mol. The van der Waals surface area contributed by atoms with Crippen LogP contribution in [-0.2, 0) is 20.4 Å². The quantitative estimate of drug-likeness (QED) is 0.715. The molecule has 2 atom stereocenters. The molecule has 2 N–H and O–H groups in total. The number of aliphatic carboxylic acids is 1. The molecule has 0 aliphatic heterocycles. The molecule has 0 aliphatic carbocycles. The fourth-order valence-corrected chi connectivity index (χ4v) is 2.33. The van der Waals surface area contributed by atoms with Crippen molar-refractivity contribution in [1.29, 1.82) is 0 Å². The molecule has 1 amide bonds. The molecule has 2 unspecified atom stereocenters. The van der Waals surface area contributed by atoms with Gasteiger partial charge in [0.2, 0.25) is 5.91 Å². The number of hydrogen-bond acceptors (Lipinski definition) is 3. The van der Waals surface area contributed by atoms with Gasteiger partial charge in [0.1, 0.15) is 11.0 Å². The van der Waals surface area contributed by atoms with Gasteiger partial charge in [0.05, 0.1) is 0 Å². The third-order valence-electron chi connectivity index (χ3n) is 2.60. The predicted octanol–water partition coefficient (Wildman–Crippen LogP) is 0.903. The van der Waals surface area contributed by atoms with E-state index in [4.69, 9.17) is 5.11 Å². The summed E-state index contributed by atoms with van der Waals surface area (Å²) in [7, 11) is -1.67. The number of carbonyl (C=O) groups excluding carboxylic acids is 1. The maximum Gasteiger partial charge on any atom is 0.319 e. The van der Waals surface area contributed by atoms with E-state index >= 15 is 0 Å². The second kappa shape index (κ2) is 6.74. The second-order valence-corrected chi connectivity index (χ2v) is 6.17. The van der Waals surface area contributed by atoms with Gasteiger partial charge in [-0.15, -0.1) is 0 Å². The fraction of sp³-hybridized carbons (Fsp3) is 0.818. The first-order valence-corrected chi connectivity index (χ1v) is 7.02. The summed E-state index contributed by atoms with van der Waals surface area (Å²) in [6.45, 7) is 7.30. The first-order valence-electron chi connectivity index (χ1n) is 5.64. The topological polar surface area (TPSA) is 83.5 Å². The molecule has 0 spiro atoms. The highest BCUT2D eigenvalue weighted by molar-refractivity contribution is 7.87. The van der Waals surface area contributed by atoms with Crippen molar-refractivity contribution in [3.8, 4) is 0 Å². The number of carboxylic acid groups (broad SMARTS) is 1. The highest BCUT2D eigenvalue weighted by atomic mass is 32.2. The number of nitrogens with one attached hydrogen (secondary N) is 1. The van der Waals surface area contributed by atoms with Crippen molar-refractivity contribution in [2.24, 2.45) is 0 Å². The van der Waals surface area contributed by atoms with Crippen molar-refractivity contribution in [3.63, 3.8) is 0 Å². The molecular weight excluding hydrogens is 242 g/mol. The van der Waals surface area contributed by atoms with Crippen molar-refractivity contribution < 1.29 is 18.9 Å². The molecule has 0 heterocycles. The number of amides is 1. The van der Waals surface area contributed by atoms with E-state index in [1.807, 2.05) is 20.8 Å². The van der Waals surface area contributed by atoms with E-state index < -0.39 is 22.0 Å². The summed E-state index contributed by atoms with van der Waals surface area (Å²) in [5.41, 5.74) is -0.355. The minimum Gasteiger partial charge on any atom is -0.480 e. The molecule has 0 aromatic heterocycles. The average molecular weight is 263 g/mol. The smallest absolute Gasteiger partial charge is 0.319 e. The Balaban J connectivity index is 4.39. The SMILES string of the molecule is CCC(C(=O)O)S(=O)CC(=O)NC(C)(C)CC. The number of carbonyl (C=O) groups is 2. The van der Waals surface area contributed by atoms with E-state index in [0.29, 0.717) is 0 Å². The summed E-state index contributed by atoms with van der Waals surface area (Å²) < 4.78 is 11.7. The third kappa shape index (κ3) is 5.81. The first kappa shape index (κ1) is 16.1. The Morgan fingerprint density at radius 2 is 1.88 bits per heavy atom. The van der Waals surface area contributed by atoms with Crippen LogP contribution in [0.15, 0.2) is 0 Å². The zero-order valence-corrected chi connectivity index (χ0v) is 11.6. The van der Waals surface area contributed by atoms with Gasteiger partial charge in [-0.2, -0.15) is 0 Å². The minimum atomic E-state index is -1.67. The Morgan fingerprint density at radius 1 is 1.35 bits per heavy atom. The highest BCUT2D eigenvalue weighted by Gasteiger charge is 2.26. The Hall–Kier alpha value is -0.910. The van der Waals surface area contributed by atoms with Crippen LogP contribution in [0, 0.1) is 0 Å². The number of rotatable bonds is 7. The lowest BCUT2D eigenvalue weighted by molar-refractivity contribution is -0.136. The van der Waals surface area contributed by atoms with Crippen LogP contribution in [0.3, 0.4) is 0 Å². The van der Waals surface area contributed by atoms with Gasteiger partial charge in [0.15, 0.2) is 0 Å². The normalized spacial score (nSPS) is 15.1. The van der Waals surface area contributed by atoms with Crippen LogP contribution in [0.2, 0.25) is 0 Å². The minimum absolute atomic E-state index is 0.256. The molecular formula is C11H21NO4S. The largest absolute Gasteiger partial charge is 0.480 e. The molecule has 0 fully saturated rings. The molecule has 6 heteroatoms. The lowest BCUT2D eigenvalue weighted by atomic mass is 10.0.